The molecule has 6 heteroatoms. The van der Waals surface area contributed by atoms with Crippen LogP contribution in [0.3, 0.4) is 0 Å². The van der Waals surface area contributed by atoms with Gasteiger partial charge in [-0.3, -0.25) is 0 Å². The maximum atomic E-state index is 9.59. The number of methoxy groups -OCH3 is 1. The van der Waals surface area contributed by atoms with E-state index in [1.165, 1.54) is 0 Å². The Balaban J connectivity index is 1.75. The van der Waals surface area contributed by atoms with Crippen LogP contribution in [0.25, 0.3) is 22.5 Å². The average molecular weight is 416 g/mol. The molecule has 1 N–H and O–H groups in total. The minimum atomic E-state index is 0.198. The van der Waals surface area contributed by atoms with Gasteiger partial charge in [0.05, 0.1) is 18.5 Å². The van der Waals surface area contributed by atoms with E-state index in [-0.39, 0.29) is 5.75 Å². The van der Waals surface area contributed by atoms with E-state index in [0.717, 1.165) is 28.1 Å². The molecule has 0 saturated heterocycles. The molecule has 0 fully saturated rings. The summed E-state index contributed by atoms with van der Waals surface area (Å²) < 4.78 is 5.18. The van der Waals surface area contributed by atoms with Crippen LogP contribution in [-0.4, -0.2) is 28.4 Å². The van der Waals surface area contributed by atoms with Crippen LogP contribution in [0.4, 0.5) is 5.95 Å². The van der Waals surface area contributed by atoms with Crippen LogP contribution in [0, 0.1) is 0 Å². The first kappa shape index (κ1) is 19.6. The molecular weight excluding hydrogens is 398 g/mol. The van der Waals surface area contributed by atoms with Crippen molar-refractivity contribution in [2.24, 2.45) is 4.99 Å². The largest absolute Gasteiger partial charge is 0.508 e. The number of benzene rings is 3. The normalized spacial score (nSPS) is 11.0. The highest BCUT2D eigenvalue weighted by molar-refractivity contribution is 6.30. The lowest BCUT2D eigenvalue weighted by Crippen LogP contribution is -1.92. The summed E-state index contributed by atoms with van der Waals surface area (Å²) in [5.74, 6) is 1.31. The molecule has 148 valence electrons. The predicted molar refractivity (Wildman–Crippen MR) is 120 cm³/mol. The fourth-order valence-corrected chi connectivity index (χ4v) is 2.99. The second-order valence-corrected chi connectivity index (χ2v) is 6.96. The predicted octanol–water partition coefficient (Wildman–Crippen LogP) is 5.93. The molecule has 0 radical (unpaired) electrons. The van der Waals surface area contributed by atoms with Crippen LogP contribution in [0.1, 0.15) is 5.56 Å². The Bertz CT molecular complexity index is 1110. The van der Waals surface area contributed by atoms with Crippen molar-refractivity contribution in [3.63, 3.8) is 0 Å². The molecule has 4 aromatic rings. The van der Waals surface area contributed by atoms with Gasteiger partial charge in [-0.15, -0.1) is 0 Å². The molecule has 1 aromatic heterocycles. The first-order valence-corrected chi connectivity index (χ1v) is 9.61. The van der Waals surface area contributed by atoms with Crippen molar-refractivity contribution in [3.8, 4) is 34.0 Å². The minimum absolute atomic E-state index is 0.198. The van der Waals surface area contributed by atoms with Gasteiger partial charge >= 0.3 is 0 Å². The van der Waals surface area contributed by atoms with Crippen molar-refractivity contribution in [2.45, 2.75) is 0 Å². The fourth-order valence-electron chi connectivity index (χ4n) is 2.86. The number of nitrogens with zero attached hydrogens (tertiary/aromatic N) is 3. The lowest BCUT2D eigenvalue weighted by molar-refractivity contribution is 0.415. The van der Waals surface area contributed by atoms with Gasteiger partial charge in [-0.25, -0.2) is 15.0 Å². The highest BCUT2D eigenvalue weighted by Crippen LogP contribution is 2.28. The molecule has 0 bridgehead atoms. The standard InChI is InChI=1S/C24H18ClN3O2/c1-30-21-12-2-16(3-13-21)15-26-24-27-22(17-4-8-19(25)9-5-17)14-23(28-24)18-6-10-20(29)11-7-18/h2-15,29H,1H3/b26-15+. The van der Waals surface area contributed by atoms with Crippen molar-refractivity contribution < 1.29 is 9.84 Å². The van der Waals surface area contributed by atoms with Crippen LogP contribution in [-0.2, 0) is 0 Å². The molecule has 0 aliphatic carbocycles. The van der Waals surface area contributed by atoms with E-state index in [9.17, 15) is 5.11 Å². The van der Waals surface area contributed by atoms with E-state index >= 15 is 0 Å². The summed E-state index contributed by atoms with van der Waals surface area (Å²) in [7, 11) is 1.63. The molecule has 0 aliphatic rings. The number of hydrogen-bond donors (Lipinski definition) is 1. The number of ether oxygens (including phenoxy) is 1. The second-order valence-electron chi connectivity index (χ2n) is 6.52. The first-order chi connectivity index (χ1) is 14.6. The molecule has 3 aromatic carbocycles. The van der Waals surface area contributed by atoms with Gasteiger partial charge in [0.1, 0.15) is 11.5 Å². The number of phenols is 1. The SMILES string of the molecule is COc1ccc(/C=N/c2nc(-c3ccc(O)cc3)cc(-c3ccc(Cl)cc3)n2)cc1. The van der Waals surface area contributed by atoms with Gasteiger partial charge < -0.3 is 9.84 Å². The van der Waals surface area contributed by atoms with Gasteiger partial charge in [-0.1, -0.05) is 23.7 Å². The van der Waals surface area contributed by atoms with Gasteiger partial charge in [0.15, 0.2) is 0 Å². The van der Waals surface area contributed by atoms with E-state index in [0.29, 0.717) is 16.7 Å². The molecule has 0 amide bonds. The third-order valence-corrected chi connectivity index (χ3v) is 4.71. The second kappa shape index (κ2) is 8.76. The quantitative estimate of drug-likeness (QED) is 0.410. The van der Waals surface area contributed by atoms with Gasteiger partial charge in [0.2, 0.25) is 5.95 Å². The van der Waals surface area contributed by atoms with Crippen LogP contribution >= 0.6 is 11.6 Å². The maximum Gasteiger partial charge on any atom is 0.250 e. The zero-order valence-corrected chi connectivity index (χ0v) is 16.9. The highest BCUT2D eigenvalue weighted by Gasteiger charge is 2.09. The fraction of sp³-hybridized carbons (Fsp3) is 0.0417. The lowest BCUT2D eigenvalue weighted by Gasteiger charge is -2.07. The van der Waals surface area contributed by atoms with E-state index in [1.807, 2.05) is 54.6 Å². The number of halogens is 1. The van der Waals surface area contributed by atoms with E-state index < -0.39 is 0 Å². The molecule has 5 nitrogen and oxygen atoms in total. The average Bonchev–Trinajstić information content (AvgIpc) is 2.79. The number of phenolic OH excluding ortho intramolecular Hbond substituents is 1. The Labute approximate surface area is 179 Å². The zero-order chi connectivity index (χ0) is 20.9. The number of hydrogen-bond acceptors (Lipinski definition) is 5. The Hall–Kier alpha value is -3.70. The van der Waals surface area contributed by atoms with Crippen LogP contribution in [0.15, 0.2) is 83.9 Å². The topological polar surface area (TPSA) is 67.6 Å². The summed E-state index contributed by atoms with van der Waals surface area (Å²) in [6.07, 6.45) is 1.71. The Morgan fingerprint density at radius 1 is 0.833 bits per heavy atom. The first-order valence-electron chi connectivity index (χ1n) is 9.23. The summed E-state index contributed by atoms with van der Waals surface area (Å²) in [5.41, 5.74) is 4.10. The number of aromatic hydroxyl groups is 1. The molecular formula is C24H18ClN3O2. The van der Waals surface area contributed by atoms with Crippen molar-refractivity contribution in [2.75, 3.05) is 7.11 Å². The lowest BCUT2D eigenvalue weighted by atomic mass is 10.1. The van der Waals surface area contributed by atoms with Gasteiger partial charge in [0.25, 0.3) is 0 Å². The smallest absolute Gasteiger partial charge is 0.250 e. The Kier molecular flexibility index (Phi) is 5.72. The van der Waals surface area contributed by atoms with E-state index in [2.05, 4.69) is 15.0 Å². The summed E-state index contributed by atoms with van der Waals surface area (Å²) >= 11 is 6.02. The van der Waals surface area contributed by atoms with Crippen molar-refractivity contribution in [1.82, 2.24) is 9.97 Å². The molecule has 30 heavy (non-hydrogen) atoms. The summed E-state index contributed by atoms with van der Waals surface area (Å²) in [6, 6.07) is 23.8. The minimum Gasteiger partial charge on any atom is -0.508 e. The molecule has 0 saturated carbocycles. The summed E-state index contributed by atoms with van der Waals surface area (Å²) in [5, 5.41) is 10.2. The number of aliphatic imine (C=N–C) groups is 1. The summed E-state index contributed by atoms with van der Waals surface area (Å²) in [6.45, 7) is 0. The molecule has 1 heterocycles. The van der Waals surface area contributed by atoms with Gasteiger partial charge in [-0.2, -0.15) is 0 Å². The maximum absolute atomic E-state index is 9.59. The molecule has 0 atom stereocenters. The van der Waals surface area contributed by atoms with Crippen molar-refractivity contribution in [3.05, 3.63) is 89.4 Å². The zero-order valence-electron chi connectivity index (χ0n) is 16.2. The Morgan fingerprint density at radius 3 is 1.97 bits per heavy atom. The molecule has 0 spiro atoms. The third-order valence-electron chi connectivity index (χ3n) is 4.46. The monoisotopic (exact) mass is 415 g/mol. The Morgan fingerprint density at radius 2 is 1.40 bits per heavy atom. The summed E-state index contributed by atoms with van der Waals surface area (Å²) in [4.78, 5) is 13.7. The van der Waals surface area contributed by atoms with E-state index in [1.54, 1.807) is 37.6 Å². The molecule has 4 rings (SSSR count). The van der Waals surface area contributed by atoms with Gasteiger partial charge in [-0.05, 0) is 72.3 Å². The number of aromatic nitrogens is 2. The van der Waals surface area contributed by atoms with Crippen molar-refractivity contribution >= 4 is 23.8 Å². The van der Waals surface area contributed by atoms with E-state index in [4.69, 9.17) is 16.3 Å². The van der Waals surface area contributed by atoms with Crippen LogP contribution in [0.5, 0.6) is 11.5 Å². The van der Waals surface area contributed by atoms with Gasteiger partial charge in [0, 0.05) is 22.4 Å². The number of rotatable bonds is 5. The molecule has 0 aliphatic heterocycles. The van der Waals surface area contributed by atoms with Crippen LogP contribution < -0.4 is 4.74 Å². The third kappa shape index (κ3) is 4.64. The van der Waals surface area contributed by atoms with Crippen LogP contribution in [0.2, 0.25) is 5.02 Å². The highest BCUT2D eigenvalue weighted by atomic mass is 35.5. The molecule has 0 unspecified atom stereocenters. The van der Waals surface area contributed by atoms with Crippen molar-refractivity contribution in [1.29, 1.82) is 0 Å².